The molecule has 9 heavy (non-hydrogen) atoms. The minimum absolute atomic E-state index is 0.479. The normalized spacial score (nSPS) is 36.7. The maximum absolute atomic E-state index is 5.15. The van der Waals surface area contributed by atoms with Gasteiger partial charge in [0.1, 0.15) is 6.23 Å². The Balaban J connectivity index is 1.80. The molecular formula is C6H12N2O. The van der Waals surface area contributed by atoms with Crippen molar-refractivity contribution in [3.05, 3.63) is 0 Å². The molecule has 2 fully saturated rings. The molecule has 0 aromatic heterocycles. The minimum Gasteiger partial charge on any atom is -0.357 e. The van der Waals surface area contributed by atoms with E-state index in [1.807, 2.05) is 0 Å². The van der Waals surface area contributed by atoms with Gasteiger partial charge in [0.15, 0.2) is 0 Å². The number of hydrogen-bond acceptors (Lipinski definition) is 3. The van der Waals surface area contributed by atoms with Gasteiger partial charge in [-0.1, -0.05) is 0 Å². The minimum atomic E-state index is 0.479. The van der Waals surface area contributed by atoms with Crippen molar-refractivity contribution < 1.29 is 4.74 Å². The van der Waals surface area contributed by atoms with Crippen molar-refractivity contribution in [1.29, 1.82) is 0 Å². The summed E-state index contributed by atoms with van der Waals surface area (Å²) in [7, 11) is 0. The molecule has 0 radical (unpaired) electrons. The van der Waals surface area contributed by atoms with Crippen molar-refractivity contribution in [2.24, 2.45) is 0 Å². The van der Waals surface area contributed by atoms with Gasteiger partial charge in [-0.2, -0.15) is 0 Å². The van der Waals surface area contributed by atoms with E-state index in [0.717, 1.165) is 32.8 Å². The SMILES string of the molecule is C1CN(C2CO2)CCN1. The van der Waals surface area contributed by atoms with E-state index in [1.54, 1.807) is 0 Å². The van der Waals surface area contributed by atoms with Gasteiger partial charge in [-0.05, 0) is 0 Å². The smallest absolute Gasteiger partial charge is 0.134 e. The average molecular weight is 128 g/mol. The van der Waals surface area contributed by atoms with E-state index in [-0.39, 0.29) is 0 Å². The van der Waals surface area contributed by atoms with Gasteiger partial charge in [-0.3, -0.25) is 4.90 Å². The first kappa shape index (κ1) is 5.65. The van der Waals surface area contributed by atoms with E-state index in [2.05, 4.69) is 10.2 Å². The molecule has 0 spiro atoms. The van der Waals surface area contributed by atoms with Crippen LogP contribution in [0.15, 0.2) is 0 Å². The first-order chi connectivity index (χ1) is 4.47. The fourth-order valence-corrected chi connectivity index (χ4v) is 1.22. The van der Waals surface area contributed by atoms with Crippen LogP contribution in [0.3, 0.4) is 0 Å². The van der Waals surface area contributed by atoms with E-state index < -0.39 is 0 Å². The summed E-state index contributed by atoms with van der Waals surface area (Å²) in [4.78, 5) is 2.39. The van der Waals surface area contributed by atoms with Crippen LogP contribution in [0.4, 0.5) is 0 Å². The molecule has 2 aliphatic heterocycles. The predicted octanol–water partition coefficient (Wildman–Crippen LogP) is -0.752. The first-order valence-corrected chi connectivity index (χ1v) is 3.53. The summed E-state index contributed by atoms with van der Waals surface area (Å²) in [5.74, 6) is 0. The molecule has 0 saturated carbocycles. The molecule has 52 valence electrons. The van der Waals surface area contributed by atoms with Crippen molar-refractivity contribution in [1.82, 2.24) is 10.2 Å². The van der Waals surface area contributed by atoms with E-state index in [4.69, 9.17) is 4.74 Å². The van der Waals surface area contributed by atoms with E-state index in [9.17, 15) is 0 Å². The molecule has 3 heteroatoms. The highest BCUT2D eigenvalue weighted by Gasteiger charge is 2.30. The molecule has 1 atom stereocenters. The number of epoxide rings is 1. The zero-order valence-electron chi connectivity index (χ0n) is 5.47. The second-order valence-electron chi connectivity index (χ2n) is 2.57. The lowest BCUT2D eigenvalue weighted by Gasteiger charge is -2.24. The van der Waals surface area contributed by atoms with Crippen LogP contribution in [-0.2, 0) is 4.74 Å². The van der Waals surface area contributed by atoms with Crippen molar-refractivity contribution in [3.63, 3.8) is 0 Å². The second-order valence-corrected chi connectivity index (χ2v) is 2.57. The summed E-state index contributed by atoms with van der Waals surface area (Å²) in [6, 6.07) is 0. The Morgan fingerprint density at radius 1 is 1.33 bits per heavy atom. The lowest BCUT2D eigenvalue weighted by molar-refractivity contribution is 0.157. The van der Waals surface area contributed by atoms with Gasteiger partial charge in [0, 0.05) is 26.2 Å². The van der Waals surface area contributed by atoms with Crippen LogP contribution >= 0.6 is 0 Å². The molecule has 3 nitrogen and oxygen atoms in total. The van der Waals surface area contributed by atoms with Gasteiger partial charge in [-0.25, -0.2) is 0 Å². The number of ether oxygens (including phenoxy) is 1. The topological polar surface area (TPSA) is 27.8 Å². The van der Waals surface area contributed by atoms with Crippen molar-refractivity contribution in [2.45, 2.75) is 6.23 Å². The third-order valence-electron chi connectivity index (χ3n) is 1.87. The van der Waals surface area contributed by atoms with Gasteiger partial charge >= 0.3 is 0 Å². The standard InChI is InChI=1S/C6H12N2O/c1-3-8(4-2-7-1)6-5-9-6/h6-7H,1-5H2. The van der Waals surface area contributed by atoms with Gasteiger partial charge in [0.25, 0.3) is 0 Å². The summed E-state index contributed by atoms with van der Waals surface area (Å²) in [5.41, 5.74) is 0. The third kappa shape index (κ3) is 1.23. The molecule has 1 N–H and O–H groups in total. The van der Waals surface area contributed by atoms with Gasteiger partial charge in [0.05, 0.1) is 6.61 Å². The predicted molar refractivity (Wildman–Crippen MR) is 34.2 cm³/mol. The van der Waals surface area contributed by atoms with Gasteiger partial charge in [0.2, 0.25) is 0 Å². The summed E-state index contributed by atoms with van der Waals surface area (Å²) < 4.78 is 5.15. The monoisotopic (exact) mass is 128 g/mol. The summed E-state index contributed by atoms with van der Waals surface area (Å²) in [5, 5.41) is 3.30. The highest BCUT2D eigenvalue weighted by atomic mass is 16.6. The van der Waals surface area contributed by atoms with Crippen LogP contribution in [-0.4, -0.2) is 43.9 Å². The highest BCUT2D eigenvalue weighted by Crippen LogP contribution is 2.14. The Morgan fingerprint density at radius 2 is 2.00 bits per heavy atom. The Kier molecular flexibility index (Phi) is 1.41. The number of hydrogen-bond donors (Lipinski definition) is 1. The molecule has 2 rings (SSSR count). The van der Waals surface area contributed by atoms with E-state index >= 15 is 0 Å². The molecule has 0 bridgehead atoms. The molecule has 1 unspecified atom stereocenters. The molecule has 0 aromatic rings. The fourth-order valence-electron chi connectivity index (χ4n) is 1.22. The summed E-state index contributed by atoms with van der Waals surface area (Å²) in [6.45, 7) is 5.52. The molecule has 0 aromatic carbocycles. The summed E-state index contributed by atoms with van der Waals surface area (Å²) in [6.07, 6.45) is 0.479. The first-order valence-electron chi connectivity index (χ1n) is 3.53. The van der Waals surface area contributed by atoms with E-state index in [1.165, 1.54) is 0 Å². The van der Waals surface area contributed by atoms with E-state index in [0.29, 0.717) is 6.23 Å². The molecule has 2 saturated heterocycles. The average Bonchev–Trinajstić information content (AvgIpc) is 2.71. The Morgan fingerprint density at radius 3 is 2.56 bits per heavy atom. The molecule has 0 amide bonds. The quantitative estimate of drug-likeness (QED) is 0.471. The van der Waals surface area contributed by atoms with Crippen molar-refractivity contribution in [3.8, 4) is 0 Å². The molecule has 0 aliphatic carbocycles. The zero-order chi connectivity index (χ0) is 6.10. The second kappa shape index (κ2) is 2.25. The lowest BCUT2D eigenvalue weighted by Crippen LogP contribution is -2.44. The Bertz CT molecular complexity index is 97.2. The van der Waals surface area contributed by atoms with Crippen molar-refractivity contribution in [2.75, 3.05) is 32.8 Å². The van der Waals surface area contributed by atoms with Crippen molar-refractivity contribution >= 4 is 0 Å². The van der Waals surface area contributed by atoms with Crippen LogP contribution in [0.2, 0.25) is 0 Å². The molecule has 2 heterocycles. The zero-order valence-corrected chi connectivity index (χ0v) is 5.47. The Labute approximate surface area is 55.0 Å². The van der Waals surface area contributed by atoms with Crippen LogP contribution in [0.1, 0.15) is 0 Å². The number of rotatable bonds is 1. The third-order valence-corrected chi connectivity index (χ3v) is 1.87. The molecule has 2 aliphatic rings. The lowest BCUT2D eigenvalue weighted by atomic mass is 10.4. The van der Waals surface area contributed by atoms with Crippen LogP contribution in [0, 0.1) is 0 Å². The number of nitrogens with one attached hydrogen (secondary N) is 1. The van der Waals surface area contributed by atoms with Crippen LogP contribution in [0.25, 0.3) is 0 Å². The van der Waals surface area contributed by atoms with Crippen LogP contribution in [0.5, 0.6) is 0 Å². The largest absolute Gasteiger partial charge is 0.357 e. The maximum Gasteiger partial charge on any atom is 0.134 e. The molecular weight excluding hydrogens is 116 g/mol. The summed E-state index contributed by atoms with van der Waals surface area (Å²) >= 11 is 0. The fraction of sp³-hybridized carbons (Fsp3) is 1.00. The van der Waals surface area contributed by atoms with Gasteiger partial charge in [-0.15, -0.1) is 0 Å². The highest BCUT2D eigenvalue weighted by molar-refractivity contribution is 4.76. The van der Waals surface area contributed by atoms with Gasteiger partial charge < -0.3 is 10.1 Å². The van der Waals surface area contributed by atoms with Crippen LogP contribution < -0.4 is 5.32 Å². The maximum atomic E-state index is 5.15. The number of piperazine rings is 1. The Hall–Kier alpha value is -0.120. The number of nitrogens with zero attached hydrogens (tertiary/aromatic N) is 1.